The van der Waals surface area contributed by atoms with Gasteiger partial charge in [-0.05, 0) is 18.9 Å². The number of hydrogen-bond acceptors (Lipinski definition) is 4. The molecule has 1 saturated heterocycles. The minimum atomic E-state index is -1.57. The number of cyclic esters (lactones) is 1. The van der Waals surface area contributed by atoms with Crippen molar-refractivity contribution < 1.29 is 23.8 Å². The zero-order chi connectivity index (χ0) is 17.0. The van der Waals surface area contributed by atoms with Gasteiger partial charge in [0.25, 0.3) is 0 Å². The third-order valence-electron chi connectivity index (χ3n) is 3.93. The van der Waals surface area contributed by atoms with Gasteiger partial charge in [0, 0.05) is 0 Å². The van der Waals surface area contributed by atoms with Crippen molar-refractivity contribution in [2.24, 2.45) is 5.92 Å². The molecule has 0 spiro atoms. The third-order valence-corrected chi connectivity index (χ3v) is 3.93. The van der Waals surface area contributed by atoms with Gasteiger partial charge in [-0.2, -0.15) is 0 Å². The highest BCUT2D eigenvalue weighted by molar-refractivity contribution is 5.95. The first kappa shape index (κ1) is 17.1. The first-order valence-corrected chi connectivity index (χ1v) is 7.49. The summed E-state index contributed by atoms with van der Waals surface area (Å²) in [6.07, 6.45) is -0.778. The van der Waals surface area contributed by atoms with E-state index in [0.717, 1.165) is 16.5 Å². The van der Waals surface area contributed by atoms with Crippen molar-refractivity contribution in [3.8, 4) is 0 Å². The van der Waals surface area contributed by atoms with Crippen molar-refractivity contribution in [1.82, 2.24) is 4.90 Å². The Kier molecular flexibility index (Phi) is 5.50. The molecule has 5 nitrogen and oxygen atoms in total. The molecule has 1 aromatic rings. The minimum absolute atomic E-state index is 0.0916. The molecule has 1 aliphatic rings. The van der Waals surface area contributed by atoms with E-state index >= 15 is 0 Å². The monoisotopic (exact) mass is 321 g/mol. The van der Waals surface area contributed by atoms with Crippen LogP contribution in [0.3, 0.4) is 0 Å². The molecule has 1 fully saturated rings. The molecule has 124 valence electrons. The SMILES string of the molecule is CC=C(F)[C@@H](O)[C@@H](C)C(=O)N1C(=O)OC[C@@H]1Cc1ccccc1. The topological polar surface area (TPSA) is 66.8 Å². The van der Waals surface area contributed by atoms with Gasteiger partial charge in [0.15, 0.2) is 0 Å². The van der Waals surface area contributed by atoms with Crippen LogP contribution in [0.5, 0.6) is 0 Å². The summed E-state index contributed by atoms with van der Waals surface area (Å²) < 4.78 is 18.5. The van der Waals surface area contributed by atoms with Gasteiger partial charge < -0.3 is 9.84 Å². The molecular weight excluding hydrogens is 301 g/mol. The number of imide groups is 1. The second-order valence-electron chi connectivity index (χ2n) is 5.54. The standard InChI is InChI=1S/C17H20FNO4/c1-3-14(18)15(20)11(2)16(21)19-13(10-23-17(19)22)9-12-7-5-4-6-8-12/h3-8,11,13,15,20H,9-10H2,1-2H3/t11-,13+,15+/m1/s1. The maximum absolute atomic E-state index is 13.5. The minimum Gasteiger partial charge on any atom is -0.447 e. The number of carbonyl (C=O) groups is 2. The van der Waals surface area contributed by atoms with Crippen LogP contribution in [0.1, 0.15) is 19.4 Å². The summed E-state index contributed by atoms with van der Waals surface area (Å²) in [7, 11) is 0. The molecule has 0 aromatic heterocycles. The highest BCUT2D eigenvalue weighted by Gasteiger charge is 2.41. The number of amides is 2. The van der Waals surface area contributed by atoms with Crippen LogP contribution in [-0.4, -0.2) is 40.8 Å². The molecule has 23 heavy (non-hydrogen) atoms. The summed E-state index contributed by atoms with van der Waals surface area (Å²) >= 11 is 0. The molecule has 1 N–H and O–H groups in total. The predicted molar refractivity (Wildman–Crippen MR) is 82.2 cm³/mol. The summed E-state index contributed by atoms with van der Waals surface area (Å²) in [5, 5.41) is 9.84. The molecule has 0 aliphatic carbocycles. The summed E-state index contributed by atoms with van der Waals surface area (Å²) in [6.45, 7) is 2.91. The van der Waals surface area contributed by atoms with E-state index in [2.05, 4.69) is 0 Å². The van der Waals surface area contributed by atoms with E-state index in [-0.39, 0.29) is 6.61 Å². The third kappa shape index (κ3) is 3.76. The number of aliphatic hydroxyl groups is 1. The molecule has 0 radical (unpaired) electrons. The van der Waals surface area contributed by atoms with Gasteiger partial charge in [0.05, 0.1) is 12.0 Å². The second-order valence-corrected chi connectivity index (χ2v) is 5.54. The van der Waals surface area contributed by atoms with Crippen LogP contribution < -0.4 is 0 Å². The van der Waals surface area contributed by atoms with E-state index in [1.807, 2.05) is 30.3 Å². The zero-order valence-electron chi connectivity index (χ0n) is 13.1. The van der Waals surface area contributed by atoms with Crippen LogP contribution in [-0.2, 0) is 16.0 Å². The lowest BCUT2D eigenvalue weighted by molar-refractivity contribution is -0.135. The maximum Gasteiger partial charge on any atom is 0.416 e. The van der Waals surface area contributed by atoms with Crippen molar-refractivity contribution in [2.45, 2.75) is 32.4 Å². The van der Waals surface area contributed by atoms with Crippen molar-refractivity contribution in [3.63, 3.8) is 0 Å². The Morgan fingerprint density at radius 2 is 2.13 bits per heavy atom. The molecule has 0 unspecified atom stereocenters. The summed E-state index contributed by atoms with van der Waals surface area (Å²) in [4.78, 5) is 25.4. The van der Waals surface area contributed by atoms with Gasteiger partial charge in [-0.25, -0.2) is 14.1 Å². The molecule has 1 aliphatic heterocycles. The molecule has 6 heteroatoms. The van der Waals surface area contributed by atoms with Crippen molar-refractivity contribution in [3.05, 3.63) is 47.8 Å². The van der Waals surface area contributed by atoms with Gasteiger partial charge in [-0.1, -0.05) is 43.3 Å². The molecule has 3 atom stereocenters. The molecule has 0 saturated carbocycles. The lowest BCUT2D eigenvalue weighted by Crippen LogP contribution is -2.45. The summed E-state index contributed by atoms with van der Waals surface area (Å²) in [5.41, 5.74) is 0.960. The van der Waals surface area contributed by atoms with Crippen LogP contribution in [0.25, 0.3) is 0 Å². The molecule has 0 bridgehead atoms. The van der Waals surface area contributed by atoms with Crippen LogP contribution in [0.15, 0.2) is 42.2 Å². The Morgan fingerprint density at radius 1 is 1.48 bits per heavy atom. The molecule has 2 amide bonds. The number of rotatable bonds is 5. The van der Waals surface area contributed by atoms with Crippen LogP contribution in [0.2, 0.25) is 0 Å². The van der Waals surface area contributed by atoms with Crippen molar-refractivity contribution >= 4 is 12.0 Å². The number of allylic oxidation sites excluding steroid dienone is 1. The number of nitrogens with zero attached hydrogens (tertiary/aromatic N) is 1. The zero-order valence-corrected chi connectivity index (χ0v) is 13.1. The van der Waals surface area contributed by atoms with Gasteiger partial charge in [0.2, 0.25) is 5.91 Å². The largest absolute Gasteiger partial charge is 0.447 e. The summed E-state index contributed by atoms with van der Waals surface area (Å²) in [6, 6.07) is 8.94. The highest BCUT2D eigenvalue weighted by atomic mass is 19.1. The average Bonchev–Trinajstić information content (AvgIpc) is 2.93. The first-order chi connectivity index (χ1) is 11.0. The fraction of sp³-hybridized carbons (Fsp3) is 0.412. The number of carbonyl (C=O) groups excluding carboxylic acids is 2. The second kappa shape index (κ2) is 7.37. The van der Waals surface area contributed by atoms with Gasteiger partial charge in [-0.15, -0.1) is 0 Å². The number of hydrogen-bond donors (Lipinski definition) is 1. The number of ether oxygens (including phenoxy) is 1. The van der Waals surface area contributed by atoms with E-state index in [1.165, 1.54) is 13.8 Å². The van der Waals surface area contributed by atoms with Gasteiger partial charge >= 0.3 is 6.09 Å². The summed E-state index contributed by atoms with van der Waals surface area (Å²) in [5.74, 6) is -2.51. The Bertz CT molecular complexity index is 602. The lowest BCUT2D eigenvalue weighted by Gasteiger charge is -2.25. The number of halogens is 1. The van der Waals surface area contributed by atoms with Crippen molar-refractivity contribution in [2.75, 3.05) is 6.61 Å². The van der Waals surface area contributed by atoms with E-state index in [4.69, 9.17) is 4.74 Å². The van der Waals surface area contributed by atoms with Crippen LogP contribution >= 0.6 is 0 Å². The quantitative estimate of drug-likeness (QED) is 0.904. The molecule has 1 aromatic carbocycles. The molecule has 2 rings (SSSR count). The van der Waals surface area contributed by atoms with E-state index < -0.39 is 35.9 Å². The maximum atomic E-state index is 13.5. The van der Waals surface area contributed by atoms with Gasteiger partial charge in [-0.3, -0.25) is 4.79 Å². The van der Waals surface area contributed by atoms with Crippen LogP contribution in [0.4, 0.5) is 9.18 Å². The Hall–Kier alpha value is -2.21. The van der Waals surface area contributed by atoms with Crippen LogP contribution in [0, 0.1) is 5.92 Å². The molecule has 1 heterocycles. The Morgan fingerprint density at radius 3 is 2.74 bits per heavy atom. The number of aliphatic hydroxyl groups excluding tert-OH is 1. The van der Waals surface area contributed by atoms with Crippen molar-refractivity contribution in [1.29, 1.82) is 0 Å². The Balaban J connectivity index is 2.14. The smallest absolute Gasteiger partial charge is 0.416 e. The molecular formula is C17H20FNO4. The van der Waals surface area contributed by atoms with E-state index in [1.54, 1.807) is 0 Å². The fourth-order valence-corrected chi connectivity index (χ4v) is 2.53. The Labute approximate surface area is 134 Å². The first-order valence-electron chi connectivity index (χ1n) is 7.49. The van der Waals surface area contributed by atoms with E-state index in [9.17, 15) is 19.1 Å². The van der Waals surface area contributed by atoms with Gasteiger partial charge in [0.1, 0.15) is 18.5 Å². The normalized spacial score (nSPS) is 21.0. The predicted octanol–water partition coefficient (Wildman–Crippen LogP) is 2.45. The number of benzene rings is 1. The van der Waals surface area contributed by atoms with E-state index in [0.29, 0.717) is 6.42 Å². The highest BCUT2D eigenvalue weighted by Crippen LogP contribution is 2.23. The fourth-order valence-electron chi connectivity index (χ4n) is 2.53. The average molecular weight is 321 g/mol. The lowest BCUT2D eigenvalue weighted by atomic mass is 9.99.